The van der Waals surface area contributed by atoms with E-state index in [1.165, 1.54) is 38.4 Å². The number of ketones is 1. The van der Waals surface area contributed by atoms with E-state index in [9.17, 15) is 4.79 Å². The van der Waals surface area contributed by atoms with Crippen molar-refractivity contribution in [2.45, 2.75) is 25.7 Å². The standard InChI is InChI=1S/C21H26N6O/c22-16-8-9-17(19(28)15-16)24-20-18-7-2-5-14-27(18)25-21(20)23-10-6-13-26-11-3-1-4-12-26/h2,5,7-9,14-15H,1,3-4,6,10-13,22H2,(H,23,25). The molecule has 0 aromatic carbocycles. The molecule has 7 heteroatoms. The summed E-state index contributed by atoms with van der Waals surface area (Å²) in [5.74, 6) is 0.507. The molecule has 146 valence electrons. The number of piperidine rings is 1. The summed E-state index contributed by atoms with van der Waals surface area (Å²) in [5, 5.41) is 8.03. The molecule has 0 saturated carbocycles. The van der Waals surface area contributed by atoms with Crippen molar-refractivity contribution >= 4 is 28.5 Å². The maximum Gasteiger partial charge on any atom is 0.206 e. The van der Waals surface area contributed by atoms with Crippen LogP contribution in [0.15, 0.2) is 53.3 Å². The van der Waals surface area contributed by atoms with Crippen molar-refractivity contribution in [3.05, 3.63) is 48.3 Å². The number of nitrogens with two attached hydrogens (primary N) is 1. The van der Waals surface area contributed by atoms with Crippen LogP contribution < -0.4 is 11.1 Å². The summed E-state index contributed by atoms with van der Waals surface area (Å²) < 4.78 is 1.79. The van der Waals surface area contributed by atoms with Crippen LogP contribution >= 0.6 is 0 Å². The lowest BCUT2D eigenvalue weighted by Gasteiger charge is -2.26. The molecule has 2 aromatic heterocycles. The summed E-state index contributed by atoms with van der Waals surface area (Å²) in [5.41, 5.74) is 8.04. The van der Waals surface area contributed by atoms with Crippen molar-refractivity contribution in [2.75, 3.05) is 31.5 Å². The number of carbonyl (C=O) groups excluding carboxylic acids is 1. The number of fused-ring (bicyclic) bond motifs is 1. The van der Waals surface area contributed by atoms with E-state index in [0.717, 1.165) is 25.0 Å². The molecule has 1 fully saturated rings. The van der Waals surface area contributed by atoms with Gasteiger partial charge in [0.1, 0.15) is 11.4 Å². The number of carbonyl (C=O) groups is 1. The first-order valence-electron chi connectivity index (χ1n) is 9.92. The van der Waals surface area contributed by atoms with Crippen LogP contribution in [0.3, 0.4) is 0 Å². The number of allylic oxidation sites excluding steroid dienone is 3. The van der Waals surface area contributed by atoms with E-state index in [1.54, 1.807) is 16.7 Å². The predicted octanol–water partition coefficient (Wildman–Crippen LogP) is 2.68. The first-order chi connectivity index (χ1) is 13.7. The molecule has 0 bridgehead atoms. The van der Waals surface area contributed by atoms with Crippen LogP contribution in [0.1, 0.15) is 25.7 Å². The third-order valence-electron chi connectivity index (χ3n) is 5.12. The fraction of sp³-hybridized carbons (Fsp3) is 0.381. The average molecular weight is 378 g/mol. The van der Waals surface area contributed by atoms with Crippen LogP contribution in [0.2, 0.25) is 0 Å². The number of aliphatic imine (C=N–C) groups is 1. The lowest BCUT2D eigenvalue weighted by atomic mass is 10.1. The second kappa shape index (κ2) is 8.39. The van der Waals surface area contributed by atoms with Crippen LogP contribution in [-0.4, -0.2) is 52.2 Å². The Morgan fingerprint density at radius 2 is 2.04 bits per heavy atom. The van der Waals surface area contributed by atoms with E-state index in [-0.39, 0.29) is 5.78 Å². The van der Waals surface area contributed by atoms with Crippen LogP contribution in [0.5, 0.6) is 0 Å². The van der Waals surface area contributed by atoms with Gasteiger partial charge >= 0.3 is 0 Å². The number of likely N-dealkylation sites (tertiary alicyclic amines) is 1. The summed E-state index contributed by atoms with van der Waals surface area (Å²) in [6.07, 6.45) is 11.6. The van der Waals surface area contributed by atoms with Crippen molar-refractivity contribution in [3.8, 4) is 0 Å². The van der Waals surface area contributed by atoms with Crippen molar-refractivity contribution in [1.82, 2.24) is 14.5 Å². The molecule has 1 saturated heterocycles. The molecule has 7 nitrogen and oxygen atoms in total. The SMILES string of the molecule is NC1=CC(=O)C(=Nc2c(NCCCN3CCCCC3)nn3ccccc23)C=C1. The molecule has 2 aromatic rings. The zero-order valence-corrected chi connectivity index (χ0v) is 16.0. The van der Waals surface area contributed by atoms with E-state index in [4.69, 9.17) is 5.73 Å². The Balaban J connectivity index is 1.51. The number of hydrogen-bond donors (Lipinski definition) is 2. The van der Waals surface area contributed by atoms with Gasteiger partial charge in [0, 0.05) is 24.5 Å². The highest BCUT2D eigenvalue weighted by Gasteiger charge is 2.16. The zero-order chi connectivity index (χ0) is 19.3. The van der Waals surface area contributed by atoms with Gasteiger partial charge in [-0.2, -0.15) is 0 Å². The van der Waals surface area contributed by atoms with Crippen LogP contribution in [0, 0.1) is 0 Å². The van der Waals surface area contributed by atoms with Gasteiger partial charge in [-0.05, 0) is 63.2 Å². The van der Waals surface area contributed by atoms with E-state index < -0.39 is 0 Å². The van der Waals surface area contributed by atoms with Gasteiger partial charge in [-0.15, -0.1) is 5.10 Å². The highest BCUT2D eigenvalue weighted by molar-refractivity contribution is 6.49. The Labute approximate surface area is 164 Å². The number of nitrogens with one attached hydrogen (secondary N) is 1. The largest absolute Gasteiger partial charge is 0.399 e. The van der Waals surface area contributed by atoms with Crippen molar-refractivity contribution in [1.29, 1.82) is 0 Å². The molecule has 0 spiro atoms. The number of rotatable bonds is 6. The summed E-state index contributed by atoms with van der Waals surface area (Å²) in [7, 11) is 0. The fourth-order valence-electron chi connectivity index (χ4n) is 3.65. The second-order valence-corrected chi connectivity index (χ2v) is 7.25. The van der Waals surface area contributed by atoms with Gasteiger partial charge < -0.3 is 16.0 Å². The first kappa shape index (κ1) is 18.4. The van der Waals surface area contributed by atoms with Crippen LogP contribution in [0.4, 0.5) is 11.5 Å². The molecule has 0 atom stereocenters. The quantitative estimate of drug-likeness (QED) is 0.596. The maximum atomic E-state index is 12.2. The normalized spacial score (nSPS) is 19.4. The highest BCUT2D eigenvalue weighted by atomic mass is 16.1. The minimum Gasteiger partial charge on any atom is -0.399 e. The smallest absolute Gasteiger partial charge is 0.206 e. The molecule has 0 amide bonds. The summed E-state index contributed by atoms with van der Waals surface area (Å²) in [6.45, 7) is 4.32. The predicted molar refractivity (Wildman–Crippen MR) is 112 cm³/mol. The van der Waals surface area contributed by atoms with Crippen LogP contribution in [-0.2, 0) is 4.79 Å². The summed E-state index contributed by atoms with van der Waals surface area (Å²) in [6, 6.07) is 5.82. The Hall–Kier alpha value is -2.93. The van der Waals surface area contributed by atoms with Crippen LogP contribution in [0.25, 0.3) is 5.52 Å². The number of hydrogen-bond acceptors (Lipinski definition) is 6. The number of aromatic nitrogens is 2. The first-order valence-corrected chi connectivity index (χ1v) is 9.92. The number of anilines is 1. The van der Waals surface area contributed by atoms with Gasteiger partial charge in [0.05, 0.1) is 5.52 Å². The molecular weight excluding hydrogens is 352 g/mol. The lowest BCUT2D eigenvalue weighted by molar-refractivity contribution is -0.108. The van der Waals surface area contributed by atoms with E-state index in [0.29, 0.717) is 22.9 Å². The highest BCUT2D eigenvalue weighted by Crippen LogP contribution is 2.30. The van der Waals surface area contributed by atoms with E-state index >= 15 is 0 Å². The molecule has 0 radical (unpaired) electrons. The Bertz CT molecular complexity index is 949. The minimum atomic E-state index is -0.189. The van der Waals surface area contributed by atoms with E-state index in [2.05, 4.69) is 20.3 Å². The zero-order valence-electron chi connectivity index (χ0n) is 16.0. The third kappa shape index (κ3) is 4.14. The Morgan fingerprint density at radius 1 is 1.18 bits per heavy atom. The lowest BCUT2D eigenvalue weighted by Crippen LogP contribution is -2.31. The Morgan fingerprint density at radius 3 is 2.86 bits per heavy atom. The number of pyridine rings is 1. The maximum absolute atomic E-state index is 12.2. The van der Waals surface area contributed by atoms with Crippen molar-refractivity contribution in [2.24, 2.45) is 10.7 Å². The van der Waals surface area contributed by atoms with Crippen molar-refractivity contribution in [3.63, 3.8) is 0 Å². The molecule has 3 N–H and O–H groups in total. The minimum absolute atomic E-state index is 0.189. The van der Waals surface area contributed by atoms with Gasteiger partial charge in [0.25, 0.3) is 0 Å². The topological polar surface area (TPSA) is 88.0 Å². The molecule has 0 unspecified atom stereocenters. The Kier molecular flexibility index (Phi) is 5.53. The molecule has 4 rings (SSSR count). The molecule has 1 aliphatic carbocycles. The fourth-order valence-corrected chi connectivity index (χ4v) is 3.65. The van der Waals surface area contributed by atoms with Gasteiger partial charge in [-0.1, -0.05) is 12.5 Å². The van der Waals surface area contributed by atoms with Gasteiger partial charge in [0.15, 0.2) is 5.82 Å². The average Bonchev–Trinajstić information content (AvgIpc) is 3.06. The molecule has 2 aliphatic rings. The molecular formula is C21H26N6O. The second-order valence-electron chi connectivity index (χ2n) is 7.25. The van der Waals surface area contributed by atoms with Gasteiger partial charge in [-0.3, -0.25) is 4.79 Å². The summed E-state index contributed by atoms with van der Waals surface area (Å²) in [4.78, 5) is 19.4. The van der Waals surface area contributed by atoms with E-state index in [1.807, 2.05) is 24.4 Å². The molecule has 28 heavy (non-hydrogen) atoms. The molecule has 1 aliphatic heterocycles. The summed E-state index contributed by atoms with van der Waals surface area (Å²) >= 11 is 0. The third-order valence-corrected chi connectivity index (χ3v) is 5.12. The monoisotopic (exact) mass is 378 g/mol. The van der Waals surface area contributed by atoms with Gasteiger partial charge in [0.2, 0.25) is 5.78 Å². The van der Waals surface area contributed by atoms with Crippen molar-refractivity contribution < 1.29 is 4.79 Å². The number of nitrogens with zero attached hydrogens (tertiary/aromatic N) is 4. The molecule has 3 heterocycles. The van der Waals surface area contributed by atoms with Gasteiger partial charge in [-0.25, -0.2) is 9.51 Å².